The molecule has 3 atom stereocenters. The molecule has 1 aliphatic heterocycles. The fraction of sp³-hybridized carbons (Fsp3) is 1.00. The van der Waals surface area contributed by atoms with E-state index in [1.54, 1.807) is 0 Å². The minimum absolute atomic E-state index is 0.963. The Balaban J connectivity index is 1.92. The quantitative estimate of drug-likeness (QED) is 0.479. The van der Waals surface area contributed by atoms with Crippen molar-refractivity contribution in [3.05, 3.63) is 0 Å². The van der Waals surface area contributed by atoms with Crippen molar-refractivity contribution >= 4 is 0 Å². The summed E-state index contributed by atoms with van der Waals surface area (Å²) in [5, 5.41) is 3.41. The molecule has 1 heteroatoms. The molecule has 2 aliphatic rings. The van der Waals surface area contributed by atoms with Crippen LogP contribution in [0.2, 0.25) is 0 Å². The normalized spacial score (nSPS) is 55.3. The van der Waals surface area contributed by atoms with E-state index in [1.165, 1.54) is 12.8 Å². The van der Waals surface area contributed by atoms with Gasteiger partial charge >= 0.3 is 0 Å². The Morgan fingerprint density at radius 2 is 2.57 bits per heavy atom. The van der Waals surface area contributed by atoms with Gasteiger partial charge in [-0.25, -0.2) is 0 Å². The first-order chi connectivity index (χ1) is 3.42. The van der Waals surface area contributed by atoms with Crippen LogP contribution >= 0.6 is 0 Å². The molecule has 2 fully saturated rings. The van der Waals surface area contributed by atoms with E-state index >= 15 is 0 Å². The largest absolute Gasteiger partial charge is 0.308 e. The molecule has 0 aromatic rings. The van der Waals surface area contributed by atoms with E-state index in [-0.39, 0.29) is 0 Å². The maximum absolute atomic E-state index is 3.41. The van der Waals surface area contributed by atoms with Gasteiger partial charge < -0.3 is 5.32 Å². The van der Waals surface area contributed by atoms with E-state index in [4.69, 9.17) is 0 Å². The Kier molecular flexibility index (Phi) is 0.571. The highest BCUT2D eigenvalue weighted by molar-refractivity contribution is 5.12. The lowest BCUT2D eigenvalue weighted by Crippen LogP contribution is -2.22. The molecule has 0 aromatic heterocycles. The molecule has 1 aliphatic carbocycles. The van der Waals surface area contributed by atoms with E-state index < -0.39 is 0 Å². The van der Waals surface area contributed by atoms with Crippen LogP contribution in [0.25, 0.3) is 0 Å². The van der Waals surface area contributed by atoms with Crippen molar-refractivity contribution in [1.82, 2.24) is 5.32 Å². The summed E-state index contributed by atoms with van der Waals surface area (Å²) in [4.78, 5) is 0. The number of nitrogens with one attached hydrogen (secondary N) is 1. The van der Waals surface area contributed by atoms with Gasteiger partial charge in [0.05, 0.1) is 0 Å². The SMILES string of the molecule is CCC1CC2NC12. The van der Waals surface area contributed by atoms with Crippen molar-refractivity contribution in [2.75, 3.05) is 0 Å². The minimum Gasteiger partial charge on any atom is -0.308 e. The van der Waals surface area contributed by atoms with Gasteiger partial charge in [-0.05, 0) is 12.3 Å². The van der Waals surface area contributed by atoms with Gasteiger partial charge in [0.15, 0.2) is 0 Å². The van der Waals surface area contributed by atoms with E-state index in [0.717, 1.165) is 18.0 Å². The Bertz CT molecular complexity index is 90.2. The molecule has 1 N–H and O–H groups in total. The zero-order chi connectivity index (χ0) is 4.85. The van der Waals surface area contributed by atoms with Crippen LogP contribution in [0.5, 0.6) is 0 Å². The third-order valence-electron chi connectivity index (χ3n) is 2.32. The lowest BCUT2D eigenvalue weighted by atomic mass is 9.84. The number of rotatable bonds is 1. The van der Waals surface area contributed by atoms with Gasteiger partial charge in [0.1, 0.15) is 0 Å². The van der Waals surface area contributed by atoms with Crippen LogP contribution in [-0.4, -0.2) is 12.1 Å². The second kappa shape index (κ2) is 1.03. The van der Waals surface area contributed by atoms with Gasteiger partial charge in [0.2, 0.25) is 0 Å². The van der Waals surface area contributed by atoms with Crippen LogP contribution in [-0.2, 0) is 0 Å². The molecule has 0 aromatic carbocycles. The van der Waals surface area contributed by atoms with Crippen molar-refractivity contribution in [2.45, 2.75) is 31.8 Å². The summed E-state index contributed by atoms with van der Waals surface area (Å²) in [6, 6.07) is 1.93. The molecule has 0 amide bonds. The van der Waals surface area contributed by atoms with Crippen LogP contribution in [0.15, 0.2) is 0 Å². The monoisotopic (exact) mass is 97.1 g/mol. The minimum atomic E-state index is 0.963. The van der Waals surface area contributed by atoms with E-state index in [9.17, 15) is 0 Å². The van der Waals surface area contributed by atoms with Gasteiger partial charge in [-0.15, -0.1) is 0 Å². The summed E-state index contributed by atoms with van der Waals surface area (Å²) in [6.45, 7) is 2.28. The highest BCUT2D eigenvalue weighted by Crippen LogP contribution is 2.40. The smallest absolute Gasteiger partial charge is 0.0253 e. The lowest BCUT2D eigenvalue weighted by Gasteiger charge is -2.19. The molecule has 3 unspecified atom stereocenters. The zero-order valence-corrected chi connectivity index (χ0v) is 4.65. The second-order valence-electron chi connectivity index (χ2n) is 2.70. The third-order valence-corrected chi connectivity index (χ3v) is 2.32. The molecule has 1 saturated heterocycles. The van der Waals surface area contributed by atoms with Crippen LogP contribution in [0.4, 0.5) is 0 Å². The summed E-state index contributed by atoms with van der Waals surface area (Å²) in [5.74, 6) is 1.05. The van der Waals surface area contributed by atoms with Crippen LogP contribution in [0, 0.1) is 5.92 Å². The van der Waals surface area contributed by atoms with Crippen LogP contribution < -0.4 is 5.32 Å². The predicted molar refractivity (Wildman–Crippen MR) is 29.1 cm³/mol. The van der Waals surface area contributed by atoms with Crippen molar-refractivity contribution in [3.63, 3.8) is 0 Å². The molecule has 2 rings (SSSR count). The maximum Gasteiger partial charge on any atom is 0.0253 e. The summed E-state index contributed by atoms with van der Waals surface area (Å²) < 4.78 is 0. The van der Waals surface area contributed by atoms with Gasteiger partial charge in [0, 0.05) is 12.1 Å². The topological polar surface area (TPSA) is 21.9 Å². The van der Waals surface area contributed by atoms with Crippen molar-refractivity contribution in [2.24, 2.45) is 5.92 Å². The van der Waals surface area contributed by atoms with Crippen LogP contribution in [0.3, 0.4) is 0 Å². The third kappa shape index (κ3) is 0.367. The van der Waals surface area contributed by atoms with E-state index in [1.807, 2.05) is 0 Å². The highest BCUT2D eigenvalue weighted by atomic mass is 15.2. The van der Waals surface area contributed by atoms with Crippen molar-refractivity contribution in [1.29, 1.82) is 0 Å². The average molecular weight is 97.2 g/mol. The average Bonchev–Trinajstić information content (AvgIpc) is 2.18. The summed E-state index contributed by atoms with van der Waals surface area (Å²) >= 11 is 0. The first kappa shape index (κ1) is 3.90. The van der Waals surface area contributed by atoms with Gasteiger partial charge in [-0.1, -0.05) is 13.3 Å². The lowest BCUT2D eigenvalue weighted by molar-refractivity contribution is 0.379. The molecule has 1 heterocycles. The molecule has 1 nitrogen and oxygen atoms in total. The van der Waals surface area contributed by atoms with Crippen molar-refractivity contribution < 1.29 is 0 Å². The first-order valence-electron chi connectivity index (χ1n) is 3.18. The Morgan fingerprint density at radius 1 is 1.71 bits per heavy atom. The first-order valence-corrected chi connectivity index (χ1v) is 3.18. The molecular weight excluding hydrogens is 86.1 g/mol. The fourth-order valence-corrected chi connectivity index (χ4v) is 1.57. The standard InChI is InChI=1S/C6H11N/c1-2-4-3-5-6(4)7-5/h4-7H,2-3H2,1H3. The van der Waals surface area contributed by atoms with Gasteiger partial charge in [0.25, 0.3) is 0 Å². The molecule has 0 bridgehead atoms. The predicted octanol–water partition coefficient (Wildman–Crippen LogP) is 0.757. The molecule has 40 valence electrons. The number of hydrogen-bond donors (Lipinski definition) is 1. The van der Waals surface area contributed by atoms with Gasteiger partial charge in [-0.2, -0.15) is 0 Å². The molecule has 1 saturated carbocycles. The number of fused-ring (bicyclic) bond motifs is 1. The van der Waals surface area contributed by atoms with Gasteiger partial charge in [-0.3, -0.25) is 0 Å². The molecule has 7 heavy (non-hydrogen) atoms. The summed E-state index contributed by atoms with van der Waals surface area (Å²) in [6.07, 6.45) is 2.84. The summed E-state index contributed by atoms with van der Waals surface area (Å²) in [7, 11) is 0. The Labute approximate surface area is 44.1 Å². The zero-order valence-electron chi connectivity index (χ0n) is 4.65. The fourth-order valence-electron chi connectivity index (χ4n) is 1.57. The molecule has 0 spiro atoms. The Hall–Kier alpha value is -0.0400. The Morgan fingerprint density at radius 3 is 2.71 bits per heavy atom. The number of hydrogen-bond acceptors (Lipinski definition) is 1. The van der Waals surface area contributed by atoms with Crippen molar-refractivity contribution in [3.8, 4) is 0 Å². The van der Waals surface area contributed by atoms with E-state index in [2.05, 4.69) is 12.2 Å². The maximum atomic E-state index is 3.41. The van der Waals surface area contributed by atoms with E-state index in [0.29, 0.717) is 0 Å². The highest BCUT2D eigenvalue weighted by Gasteiger charge is 2.51. The molecule has 0 radical (unpaired) electrons. The molecular formula is C6H11N. The summed E-state index contributed by atoms with van der Waals surface area (Å²) in [5.41, 5.74) is 0. The van der Waals surface area contributed by atoms with Crippen LogP contribution in [0.1, 0.15) is 19.8 Å². The second-order valence-corrected chi connectivity index (χ2v) is 2.70.